The Hall–Kier alpha value is -2.04. The van der Waals surface area contributed by atoms with E-state index in [0.29, 0.717) is 12.5 Å². The van der Waals surface area contributed by atoms with E-state index in [1.807, 2.05) is 52.0 Å². The van der Waals surface area contributed by atoms with E-state index in [9.17, 15) is 0 Å². The molecule has 20 heavy (non-hydrogen) atoms. The van der Waals surface area contributed by atoms with Gasteiger partial charge >= 0.3 is 0 Å². The molecule has 0 aliphatic carbocycles. The molecule has 0 saturated carbocycles. The van der Waals surface area contributed by atoms with Crippen LogP contribution < -0.4 is 10.1 Å². The summed E-state index contributed by atoms with van der Waals surface area (Å²) in [6.07, 6.45) is 0. The second-order valence-electron chi connectivity index (χ2n) is 4.97. The zero-order valence-corrected chi connectivity index (χ0v) is 12.4. The topological polar surface area (TPSA) is 60.2 Å². The van der Waals surface area contributed by atoms with Gasteiger partial charge in [-0.25, -0.2) is 0 Å². The van der Waals surface area contributed by atoms with Crippen LogP contribution in [0.4, 0.5) is 5.69 Å². The van der Waals surface area contributed by atoms with Gasteiger partial charge in [-0.1, -0.05) is 19.0 Å². The van der Waals surface area contributed by atoms with Crippen molar-refractivity contribution in [3.63, 3.8) is 0 Å². The summed E-state index contributed by atoms with van der Waals surface area (Å²) in [6, 6.07) is 7.79. The lowest BCUT2D eigenvalue weighted by atomic mass is 10.2. The first kappa shape index (κ1) is 14.4. The molecule has 0 saturated heterocycles. The van der Waals surface area contributed by atoms with E-state index in [2.05, 4.69) is 15.5 Å². The summed E-state index contributed by atoms with van der Waals surface area (Å²) < 4.78 is 10.7. The summed E-state index contributed by atoms with van der Waals surface area (Å²) in [5.41, 5.74) is 0.991. The monoisotopic (exact) mass is 275 g/mol. The van der Waals surface area contributed by atoms with E-state index < -0.39 is 0 Å². The Morgan fingerprint density at radius 1 is 1.20 bits per heavy atom. The van der Waals surface area contributed by atoms with Gasteiger partial charge in [0.2, 0.25) is 5.89 Å². The van der Waals surface area contributed by atoms with Crippen molar-refractivity contribution in [3.8, 4) is 5.75 Å². The molecular formula is C15H21N3O2. The van der Waals surface area contributed by atoms with Crippen LogP contribution >= 0.6 is 0 Å². The van der Waals surface area contributed by atoms with Gasteiger partial charge in [0.1, 0.15) is 11.8 Å². The van der Waals surface area contributed by atoms with Crippen LogP contribution in [0, 0.1) is 0 Å². The molecule has 5 nitrogen and oxygen atoms in total. The third kappa shape index (κ3) is 3.50. The van der Waals surface area contributed by atoms with Crippen molar-refractivity contribution in [1.82, 2.24) is 10.1 Å². The Balaban J connectivity index is 2.00. The van der Waals surface area contributed by atoms with E-state index in [-0.39, 0.29) is 12.0 Å². The second-order valence-corrected chi connectivity index (χ2v) is 4.97. The number of benzene rings is 1. The van der Waals surface area contributed by atoms with Gasteiger partial charge in [-0.3, -0.25) is 0 Å². The van der Waals surface area contributed by atoms with Crippen molar-refractivity contribution >= 4 is 5.69 Å². The maximum Gasteiger partial charge on any atom is 0.248 e. The van der Waals surface area contributed by atoms with Crippen molar-refractivity contribution < 1.29 is 9.26 Å². The minimum Gasteiger partial charge on any atom is -0.494 e. The molecule has 1 unspecified atom stereocenters. The number of nitrogens with one attached hydrogen (secondary N) is 1. The predicted octanol–water partition coefficient (Wildman–Crippen LogP) is 3.76. The van der Waals surface area contributed by atoms with Crippen LogP contribution in [0.15, 0.2) is 28.8 Å². The van der Waals surface area contributed by atoms with E-state index in [1.54, 1.807) is 0 Å². The van der Waals surface area contributed by atoms with Gasteiger partial charge in [0, 0.05) is 11.6 Å². The third-order valence-electron chi connectivity index (χ3n) is 2.89. The van der Waals surface area contributed by atoms with Gasteiger partial charge in [0.25, 0.3) is 0 Å². The van der Waals surface area contributed by atoms with Crippen molar-refractivity contribution in [3.05, 3.63) is 36.0 Å². The first-order chi connectivity index (χ1) is 9.60. The lowest BCUT2D eigenvalue weighted by Gasteiger charge is -2.11. The summed E-state index contributed by atoms with van der Waals surface area (Å²) in [5.74, 6) is 2.47. The normalized spacial score (nSPS) is 12.4. The standard InChI is InChI=1S/C15H21N3O2/c1-5-19-13-8-6-12(7-9-13)16-11(4)15-17-14(10(2)3)18-20-15/h6-11,16H,5H2,1-4H3. The molecule has 108 valence electrons. The summed E-state index contributed by atoms with van der Waals surface area (Å²) in [5, 5.41) is 7.30. The largest absolute Gasteiger partial charge is 0.494 e. The van der Waals surface area contributed by atoms with Crippen molar-refractivity contribution in [2.45, 2.75) is 39.7 Å². The van der Waals surface area contributed by atoms with E-state index in [1.165, 1.54) is 0 Å². The molecule has 1 aromatic carbocycles. The summed E-state index contributed by atoms with van der Waals surface area (Å²) in [6.45, 7) is 8.71. The first-order valence-corrected chi connectivity index (χ1v) is 6.93. The number of nitrogens with zero attached hydrogens (tertiary/aromatic N) is 2. The molecule has 0 radical (unpaired) electrons. The van der Waals surface area contributed by atoms with Crippen molar-refractivity contribution in [2.24, 2.45) is 0 Å². The Labute approximate surface area is 119 Å². The highest BCUT2D eigenvalue weighted by Gasteiger charge is 2.15. The number of anilines is 1. The number of rotatable bonds is 6. The van der Waals surface area contributed by atoms with E-state index in [0.717, 1.165) is 17.3 Å². The van der Waals surface area contributed by atoms with Gasteiger partial charge in [-0.15, -0.1) is 0 Å². The Bertz CT molecular complexity index is 534. The zero-order valence-electron chi connectivity index (χ0n) is 12.4. The maximum absolute atomic E-state index is 5.41. The lowest BCUT2D eigenvalue weighted by molar-refractivity contribution is 0.340. The van der Waals surface area contributed by atoms with Crippen molar-refractivity contribution in [2.75, 3.05) is 11.9 Å². The molecule has 0 aliphatic heterocycles. The number of ether oxygens (including phenoxy) is 1. The number of hydrogen-bond donors (Lipinski definition) is 1. The molecule has 0 spiro atoms. The van der Waals surface area contributed by atoms with Crippen LogP contribution in [0.25, 0.3) is 0 Å². The molecule has 5 heteroatoms. The lowest BCUT2D eigenvalue weighted by Crippen LogP contribution is -2.07. The molecule has 2 rings (SSSR count). The minimum atomic E-state index is -0.0343. The number of aromatic nitrogens is 2. The summed E-state index contributed by atoms with van der Waals surface area (Å²) >= 11 is 0. The van der Waals surface area contributed by atoms with Gasteiger partial charge in [-0.2, -0.15) is 4.98 Å². The molecule has 0 fully saturated rings. The highest BCUT2D eigenvalue weighted by molar-refractivity contribution is 5.47. The molecule has 1 heterocycles. The highest BCUT2D eigenvalue weighted by Crippen LogP contribution is 2.21. The fraction of sp³-hybridized carbons (Fsp3) is 0.467. The first-order valence-electron chi connectivity index (χ1n) is 6.93. The van der Waals surface area contributed by atoms with Crippen LogP contribution in [0.5, 0.6) is 5.75 Å². The average Bonchev–Trinajstić information content (AvgIpc) is 2.91. The van der Waals surface area contributed by atoms with Crippen LogP contribution in [-0.4, -0.2) is 16.7 Å². The van der Waals surface area contributed by atoms with Gasteiger partial charge in [0.15, 0.2) is 5.82 Å². The molecule has 0 amide bonds. The zero-order chi connectivity index (χ0) is 14.5. The summed E-state index contributed by atoms with van der Waals surface area (Å²) in [4.78, 5) is 4.39. The molecule has 1 aromatic heterocycles. The second kappa shape index (κ2) is 6.41. The molecule has 0 bridgehead atoms. The number of hydrogen-bond acceptors (Lipinski definition) is 5. The van der Waals surface area contributed by atoms with E-state index >= 15 is 0 Å². The van der Waals surface area contributed by atoms with Crippen LogP contribution in [0.2, 0.25) is 0 Å². The Kier molecular flexibility index (Phi) is 4.61. The van der Waals surface area contributed by atoms with Gasteiger partial charge in [-0.05, 0) is 38.1 Å². The van der Waals surface area contributed by atoms with Gasteiger partial charge in [0.05, 0.1) is 6.61 Å². The SMILES string of the molecule is CCOc1ccc(NC(C)c2nc(C(C)C)no2)cc1. The molecule has 1 atom stereocenters. The molecule has 2 aromatic rings. The highest BCUT2D eigenvalue weighted by atomic mass is 16.5. The predicted molar refractivity (Wildman–Crippen MR) is 78.0 cm³/mol. The molecule has 1 N–H and O–H groups in total. The Morgan fingerprint density at radius 2 is 1.90 bits per heavy atom. The fourth-order valence-corrected chi connectivity index (χ4v) is 1.78. The van der Waals surface area contributed by atoms with Crippen molar-refractivity contribution in [1.29, 1.82) is 0 Å². The fourth-order valence-electron chi connectivity index (χ4n) is 1.78. The van der Waals surface area contributed by atoms with Crippen LogP contribution in [0.1, 0.15) is 51.4 Å². The maximum atomic E-state index is 5.41. The van der Waals surface area contributed by atoms with Crippen LogP contribution in [0.3, 0.4) is 0 Å². The molecule has 0 aliphatic rings. The minimum absolute atomic E-state index is 0.0343. The molecular weight excluding hydrogens is 254 g/mol. The third-order valence-corrected chi connectivity index (χ3v) is 2.89. The average molecular weight is 275 g/mol. The quantitative estimate of drug-likeness (QED) is 0.869. The Morgan fingerprint density at radius 3 is 2.45 bits per heavy atom. The summed E-state index contributed by atoms with van der Waals surface area (Å²) in [7, 11) is 0. The van der Waals surface area contributed by atoms with Crippen LogP contribution in [-0.2, 0) is 0 Å². The van der Waals surface area contributed by atoms with E-state index in [4.69, 9.17) is 9.26 Å². The smallest absolute Gasteiger partial charge is 0.248 e. The van der Waals surface area contributed by atoms with Gasteiger partial charge < -0.3 is 14.6 Å².